The summed E-state index contributed by atoms with van der Waals surface area (Å²) in [6.45, 7) is 0.606. The second-order valence-corrected chi connectivity index (χ2v) is 7.39. The predicted octanol–water partition coefficient (Wildman–Crippen LogP) is 4.63. The Balaban J connectivity index is 1.65. The van der Waals surface area contributed by atoms with Crippen molar-refractivity contribution >= 4 is 17.5 Å². The van der Waals surface area contributed by atoms with Crippen molar-refractivity contribution in [2.24, 2.45) is 7.05 Å². The Kier molecular flexibility index (Phi) is 5.17. The number of hydrogen-bond donors (Lipinski definition) is 0. The van der Waals surface area contributed by atoms with Crippen LogP contribution in [0.1, 0.15) is 47.9 Å². The van der Waals surface area contributed by atoms with Gasteiger partial charge >= 0.3 is 0 Å². The molecular formula is C20H20ClFN4O2. The SMILES string of the molecule is Cn1cc(Cl)c(C(=O)N2CCCCC[C@H]2c2cc(-c3ccc(F)cc3)on2)n1. The molecule has 1 aromatic carbocycles. The number of rotatable bonds is 3. The molecule has 1 amide bonds. The number of hydrogen-bond acceptors (Lipinski definition) is 4. The lowest BCUT2D eigenvalue weighted by molar-refractivity contribution is 0.0667. The van der Waals surface area contributed by atoms with Crippen LogP contribution in [0.4, 0.5) is 4.39 Å². The monoisotopic (exact) mass is 402 g/mol. The van der Waals surface area contributed by atoms with Crippen LogP contribution in [0.5, 0.6) is 0 Å². The number of halogens is 2. The summed E-state index contributed by atoms with van der Waals surface area (Å²) < 4.78 is 20.2. The summed E-state index contributed by atoms with van der Waals surface area (Å²) in [5, 5.41) is 8.77. The number of carbonyl (C=O) groups is 1. The van der Waals surface area contributed by atoms with Crippen LogP contribution < -0.4 is 0 Å². The molecule has 0 radical (unpaired) electrons. The van der Waals surface area contributed by atoms with Crippen LogP contribution in [0.25, 0.3) is 11.3 Å². The van der Waals surface area contributed by atoms with E-state index in [0.29, 0.717) is 23.0 Å². The molecule has 0 bridgehead atoms. The highest BCUT2D eigenvalue weighted by atomic mass is 35.5. The summed E-state index contributed by atoms with van der Waals surface area (Å²) in [6, 6.07) is 7.64. The van der Waals surface area contributed by atoms with E-state index in [1.165, 1.54) is 16.8 Å². The summed E-state index contributed by atoms with van der Waals surface area (Å²) in [5.74, 6) is 0.0302. The van der Waals surface area contributed by atoms with Gasteiger partial charge in [0.25, 0.3) is 5.91 Å². The van der Waals surface area contributed by atoms with Gasteiger partial charge in [-0.25, -0.2) is 4.39 Å². The highest BCUT2D eigenvalue weighted by molar-refractivity contribution is 6.33. The number of aryl methyl sites for hydroxylation is 1. The van der Waals surface area contributed by atoms with Gasteiger partial charge in [-0.15, -0.1) is 0 Å². The lowest BCUT2D eigenvalue weighted by Crippen LogP contribution is -2.35. The maximum Gasteiger partial charge on any atom is 0.276 e. The topological polar surface area (TPSA) is 64.2 Å². The van der Waals surface area contributed by atoms with E-state index in [-0.39, 0.29) is 23.5 Å². The first-order chi connectivity index (χ1) is 13.5. The average Bonchev–Trinajstić information content (AvgIpc) is 3.20. The van der Waals surface area contributed by atoms with E-state index >= 15 is 0 Å². The third-order valence-corrected chi connectivity index (χ3v) is 5.28. The zero-order valence-electron chi connectivity index (χ0n) is 15.4. The fourth-order valence-corrected chi connectivity index (χ4v) is 3.86. The first-order valence-electron chi connectivity index (χ1n) is 9.25. The Labute approximate surface area is 166 Å². The van der Waals surface area contributed by atoms with E-state index in [1.54, 1.807) is 30.3 Å². The van der Waals surface area contributed by atoms with E-state index in [1.807, 2.05) is 6.07 Å². The number of likely N-dealkylation sites (tertiary alicyclic amines) is 1. The molecule has 3 aromatic rings. The molecule has 2 aromatic heterocycles. The van der Waals surface area contributed by atoms with Crippen LogP contribution in [0.3, 0.4) is 0 Å². The molecule has 0 spiro atoms. The van der Waals surface area contributed by atoms with Gasteiger partial charge in [0.2, 0.25) is 0 Å². The van der Waals surface area contributed by atoms with Gasteiger partial charge < -0.3 is 9.42 Å². The molecular weight excluding hydrogens is 383 g/mol. The Morgan fingerprint density at radius 2 is 2.04 bits per heavy atom. The zero-order valence-corrected chi connectivity index (χ0v) is 16.2. The predicted molar refractivity (Wildman–Crippen MR) is 102 cm³/mol. The summed E-state index contributed by atoms with van der Waals surface area (Å²) in [7, 11) is 1.73. The summed E-state index contributed by atoms with van der Waals surface area (Å²) >= 11 is 6.19. The first kappa shape index (κ1) is 18.7. The molecule has 1 saturated heterocycles. The Morgan fingerprint density at radius 1 is 1.25 bits per heavy atom. The number of benzene rings is 1. The Hall–Kier alpha value is -2.67. The van der Waals surface area contributed by atoms with Crippen LogP contribution in [-0.2, 0) is 7.05 Å². The van der Waals surface area contributed by atoms with Crippen molar-refractivity contribution in [1.82, 2.24) is 19.8 Å². The summed E-state index contributed by atoms with van der Waals surface area (Å²) in [5.41, 5.74) is 1.67. The fourth-order valence-electron chi connectivity index (χ4n) is 3.60. The molecule has 28 heavy (non-hydrogen) atoms. The van der Waals surface area contributed by atoms with Crippen LogP contribution >= 0.6 is 11.6 Å². The van der Waals surface area contributed by atoms with Crippen molar-refractivity contribution < 1.29 is 13.7 Å². The summed E-state index contributed by atoms with van der Waals surface area (Å²) in [4.78, 5) is 14.9. The smallest absolute Gasteiger partial charge is 0.276 e. The molecule has 146 valence electrons. The van der Waals surface area contributed by atoms with Crippen molar-refractivity contribution in [3.8, 4) is 11.3 Å². The van der Waals surface area contributed by atoms with Crippen LogP contribution in [0.2, 0.25) is 5.02 Å². The van der Waals surface area contributed by atoms with Crippen molar-refractivity contribution in [2.75, 3.05) is 6.54 Å². The summed E-state index contributed by atoms with van der Waals surface area (Å²) in [6.07, 6.45) is 5.34. The Bertz CT molecular complexity index is 983. The normalized spacial score (nSPS) is 17.5. The maximum absolute atomic E-state index is 13.2. The highest BCUT2D eigenvalue weighted by Gasteiger charge is 2.32. The van der Waals surface area contributed by atoms with Gasteiger partial charge in [-0.3, -0.25) is 9.48 Å². The lowest BCUT2D eigenvalue weighted by Gasteiger charge is -2.28. The molecule has 0 saturated carbocycles. The zero-order chi connectivity index (χ0) is 19.7. The number of nitrogens with zero attached hydrogens (tertiary/aromatic N) is 4. The van der Waals surface area contributed by atoms with Gasteiger partial charge in [0, 0.05) is 31.4 Å². The van der Waals surface area contributed by atoms with E-state index < -0.39 is 0 Å². The molecule has 1 fully saturated rings. The average molecular weight is 403 g/mol. The number of aromatic nitrogens is 3. The largest absolute Gasteiger partial charge is 0.356 e. The third kappa shape index (κ3) is 3.67. The van der Waals surface area contributed by atoms with Crippen molar-refractivity contribution in [3.05, 3.63) is 58.8 Å². The van der Waals surface area contributed by atoms with Gasteiger partial charge in [-0.1, -0.05) is 29.6 Å². The maximum atomic E-state index is 13.2. The molecule has 0 N–H and O–H groups in total. The van der Waals surface area contributed by atoms with E-state index in [9.17, 15) is 9.18 Å². The van der Waals surface area contributed by atoms with Crippen LogP contribution in [-0.4, -0.2) is 32.3 Å². The highest BCUT2D eigenvalue weighted by Crippen LogP contribution is 2.33. The molecule has 6 nitrogen and oxygen atoms in total. The molecule has 8 heteroatoms. The van der Waals surface area contributed by atoms with E-state index in [4.69, 9.17) is 16.1 Å². The van der Waals surface area contributed by atoms with Crippen LogP contribution in [0, 0.1) is 5.82 Å². The Morgan fingerprint density at radius 3 is 2.75 bits per heavy atom. The fraction of sp³-hybridized carbons (Fsp3) is 0.350. The van der Waals surface area contributed by atoms with E-state index in [0.717, 1.165) is 31.2 Å². The van der Waals surface area contributed by atoms with Gasteiger partial charge in [-0.2, -0.15) is 5.10 Å². The molecule has 1 aliphatic rings. The molecule has 0 aliphatic carbocycles. The van der Waals surface area contributed by atoms with Crippen molar-refractivity contribution in [2.45, 2.75) is 31.7 Å². The second kappa shape index (κ2) is 7.75. The van der Waals surface area contributed by atoms with Gasteiger partial charge in [0.1, 0.15) is 11.5 Å². The quantitative estimate of drug-likeness (QED) is 0.641. The minimum absolute atomic E-state index is 0.205. The van der Waals surface area contributed by atoms with Gasteiger partial charge in [0.05, 0.1) is 11.1 Å². The standard InChI is InChI=1S/C20H20ClFN4O2/c1-25-12-15(21)19(23-25)20(27)26-10-4-2-3-5-17(26)16-11-18(28-24-16)13-6-8-14(22)9-7-13/h6-9,11-12,17H,2-5,10H2,1H3/t17-/m0/s1. The number of carbonyl (C=O) groups excluding carboxylic acids is 1. The molecule has 0 unspecified atom stereocenters. The molecule has 1 atom stereocenters. The van der Waals surface area contributed by atoms with Gasteiger partial charge in [0.15, 0.2) is 11.5 Å². The van der Waals surface area contributed by atoms with Crippen molar-refractivity contribution in [3.63, 3.8) is 0 Å². The van der Waals surface area contributed by atoms with Crippen LogP contribution in [0.15, 0.2) is 41.1 Å². The molecule has 3 heterocycles. The van der Waals surface area contributed by atoms with Gasteiger partial charge in [-0.05, 0) is 37.1 Å². The minimum atomic E-state index is -0.309. The third-order valence-electron chi connectivity index (χ3n) is 5.00. The molecule has 1 aliphatic heterocycles. The van der Waals surface area contributed by atoms with E-state index in [2.05, 4.69) is 10.3 Å². The van der Waals surface area contributed by atoms with Crippen molar-refractivity contribution in [1.29, 1.82) is 0 Å². The minimum Gasteiger partial charge on any atom is -0.356 e. The number of amides is 1. The first-order valence-corrected chi connectivity index (χ1v) is 9.63. The second-order valence-electron chi connectivity index (χ2n) is 6.99. The molecule has 4 rings (SSSR count). The lowest BCUT2D eigenvalue weighted by atomic mass is 10.0.